The van der Waals surface area contributed by atoms with E-state index >= 15 is 0 Å². The Kier molecular flexibility index (Phi) is 6.26. The van der Waals surface area contributed by atoms with Crippen LogP contribution in [0.25, 0.3) is 0 Å². The van der Waals surface area contributed by atoms with E-state index in [9.17, 15) is 31.5 Å². The summed E-state index contributed by atoms with van der Waals surface area (Å²) in [4.78, 5) is 12.4. The quantitative estimate of drug-likeness (QED) is 0.605. The summed E-state index contributed by atoms with van der Waals surface area (Å²) in [5.41, 5.74) is -0.394. The molecule has 32 heavy (non-hydrogen) atoms. The maximum atomic E-state index is 13.4. The molecule has 0 saturated heterocycles. The van der Waals surface area contributed by atoms with E-state index in [0.717, 1.165) is 18.9 Å². The molecular formula is C22H21ClF3NO4S. The fourth-order valence-corrected chi connectivity index (χ4v) is 7.45. The zero-order valence-corrected chi connectivity index (χ0v) is 18.4. The molecule has 0 heterocycles. The van der Waals surface area contributed by atoms with Crippen LogP contribution in [-0.2, 0) is 9.84 Å². The molecule has 0 radical (unpaired) electrons. The number of carbonyl (C=O) groups is 1. The van der Waals surface area contributed by atoms with Gasteiger partial charge in [-0.2, -0.15) is 0 Å². The third-order valence-electron chi connectivity index (χ3n) is 6.64. The summed E-state index contributed by atoms with van der Waals surface area (Å²) in [6.07, 6.45) is 2.60. The molecule has 2 aromatic carbocycles. The Labute approximate surface area is 188 Å². The molecule has 2 saturated carbocycles. The molecule has 5 nitrogen and oxygen atoms in total. The third-order valence-corrected chi connectivity index (χ3v) is 9.30. The predicted octanol–water partition coefficient (Wildman–Crippen LogP) is 4.58. The second-order valence-electron chi connectivity index (χ2n) is 8.44. The van der Waals surface area contributed by atoms with Gasteiger partial charge in [0.05, 0.1) is 15.2 Å². The fourth-order valence-electron chi connectivity index (χ4n) is 5.02. The van der Waals surface area contributed by atoms with Crippen molar-refractivity contribution in [1.82, 2.24) is 0 Å². The number of fused-ring (bicyclic) bond motifs is 2. The zero-order valence-electron chi connectivity index (χ0n) is 16.8. The highest BCUT2D eigenvalue weighted by Gasteiger charge is 2.46. The number of aliphatic hydroxyl groups is 1. The molecule has 2 unspecified atom stereocenters. The number of hydrogen-bond donors (Lipinski definition) is 2. The topological polar surface area (TPSA) is 83.5 Å². The Balaban J connectivity index is 1.59. The largest absolute Gasteiger partial charge is 0.396 e. The van der Waals surface area contributed by atoms with Gasteiger partial charge in [0.15, 0.2) is 27.3 Å². The van der Waals surface area contributed by atoms with Gasteiger partial charge in [0, 0.05) is 30.0 Å². The molecule has 2 aromatic rings. The van der Waals surface area contributed by atoms with Gasteiger partial charge in [-0.25, -0.2) is 21.6 Å². The van der Waals surface area contributed by atoms with Gasteiger partial charge >= 0.3 is 0 Å². The minimum Gasteiger partial charge on any atom is -0.396 e. The lowest BCUT2D eigenvalue weighted by molar-refractivity contribution is 0.102. The van der Waals surface area contributed by atoms with Gasteiger partial charge in [-0.1, -0.05) is 11.6 Å². The van der Waals surface area contributed by atoms with Crippen LogP contribution < -0.4 is 5.32 Å². The molecule has 172 valence electrons. The average Bonchev–Trinajstić information content (AvgIpc) is 2.99. The van der Waals surface area contributed by atoms with Crippen molar-refractivity contribution in [1.29, 1.82) is 0 Å². The second-order valence-corrected chi connectivity index (χ2v) is 11.0. The van der Waals surface area contributed by atoms with Crippen LogP contribution in [0.1, 0.15) is 36.0 Å². The molecule has 2 aliphatic rings. The standard InChI is InChI=1S/C22H21ClF3NO4S/c23-17-4-3-13(22(29)27-14-8-18(24)21(26)19(25)9-14)7-20(17)32(30,31)15-5-11-1-2-12(6-15)16(11)10-28/h3-4,7-9,11-12,15-16,28H,1-2,5-6,10H2,(H,27,29)/t11?,12?,15-,16+. The third kappa shape index (κ3) is 4.13. The summed E-state index contributed by atoms with van der Waals surface area (Å²) >= 11 is 6.18. The molecule has 2 atom stereocenters. The Morgan fingerprint density at radius 1 is 1.06 bits per heavy atom. The lowest BCUT2D eigenvalue weighted by Gasteiger charge is -2.34. The minimum atomic E-state index is -3.86. The van der Waals surface area contributed by atoms with Crippen molar-refractivity contribution in [3.8, 4) is 0 Å². The second kappa shape index (κ2) is 8.68. The number of halogens is 4. The highest BCUT2D eigenvalue weighted by molar-refractivity contribution is 7.92. The van der Waals surface area contributed by atoms with E-state index in [2.05, 4.69) is 5.32 Å². The van der Waals surface area contributed by atoms with Gasteiger partial charge in [0.25, 0.3) is 5.91 Å². The molecule has 0 spiro atoms. The van der Waals surface area contributed by atoms with Crippen molar-refractivity contribution in [2.75, 3.05) is 11.9 Å². The van der Waals surface area contributed by atoms with Crippen molar-refractivity contribution < 1.29 is 31.5 Å². The number of benzene rings is 2. The number of amides is 1. The first-order chi connectivity index (χ1) is 15.1. The maximum absolute atomic E-state index is 13.4. The van der Waals surface area contributed by atoms with E-state index in [1.165, 1.54) is 12.1 Å². The predicted molar refractivity (Wildman–Crippen MR) is 113 cm³/mol. The summed E-state index contributed by atoms with van der Waals surface area (Å²) < 4.78 is 66.7. The van der Waals surface area contributed by atoms with Crippen molar-refractivity contribution in [3.05, 3.63) is 58.4 Å². The summed E-state index contributed by atoms with van der Waals surface area (Å²) in [7, 11) is -3.86. The first kappa shape index (κ1) is 23.1. The van der Waals surface area contributed by atoms with Crippen LogP contribution in [0.15, 0.2) is 35.2 Å². The van der Waals surface area contributed by atoms with Crippen LogP contribution >= 0.6 is 11.6 Å². The van der Waals surface area contributed by atoms with Crippen molar-refractivity contribution in [2.45, 2.75) is 35.8 Å². The lowest BCUT2D eigenvalue weighted by atomic mass is 9.79. The molecule has 0 aromatic heterocycles. The highest BCUT2D eigenvalue weighted by atomic mass is 35.5. The van der Waals surface area contributed by atoms with Gasteiger partial charge in [0.1, 0.15) is 0 Å². The normalized spacial score (nSPS) is 25.0. The molecule has 2 aliphatic carbocycles. The van der Waals surface area contributed by atoms with Gasteiger partial charge in [-0.05, 0) is 61.6 Å². The summed E-state index contributed by atoms with van der Waals surface area (Å²) in [5.74, 6) is -5.04. The van der Waals surface area contributed by atoms with Crippen molar-refractivity contribution >= 4 is 33.0 Å². The van der Waals surface area contributed by atoms with Crippen LogP contribution in [-0.4, -0.2) is 31.3 Å². The number of rotatable bonds is 5. The van der Waals surface area contributed by atoms with Crippen LogP contribution in [0, 0.1) is 35.2 Å². The molecule has 10 heteroatoms. The summed E-state index contributed by atoms with van der Waals surface area (Å²) in [5, 5.41) is 11.1. The van der Waals surface area contributed by atoms with E-state index in [-0.39, 0.29) is 45.5 Å². The first-order valence-electron chi connectivity index (χ1n) is 10.2. The smallest absolute Gasteiger partial charge is 0.255 e. The van der Waals surface area contributed by atoms with Crippen LogP contribution in [0.5, 0.6) is 0 Å². The Morgan fingerprint density at radius 2 is 1.66 bits per heavy atom. The number of aliphatic hydroxyl groups excluding tert-OH is 1. The van der Waals surface area contributed by atoms with E-state index in [0.29, 0.717) is 25.0 Å². The van der Waals surface area contributed by atoms with Gasteiger partial charge < -0.3 is 10.4 Å². The molecule has 2 fully saturated rings. The molecule has 2 N–H and O–H groups in total. The van der Waals surface area contributed by atoms with Crippen LogP contribution in [0.4, 0.5) is 18.9 Å². The number of nitrogens with one attached hydrogen (secondary N) is 1. The van der Waals surface area contributed by atoms with E-state index in [4.69, 9.17) is 11.6 Å². The average molecular weight is 488 g/mol. The maximum Gasteiger partial charge on any atom is 0.255 e. The van der Waals surface area contributed by atoms with Crippen molar-refractivity contribution in [3.63, 3.8) is 0 Å². The highest BCUT2D eigenvalue weighted by Crippen LogP contribution is 2.49. The number of carbonyl (C=O) groups excluding carboxylic acids is 1. The van der Waals surface area contributed by atoms with E-state index in [1.54, 1.807) is 0 Å². The monoisotopic (exact) mass is 487 g/mol. The van der Waals surface area contributed by atoms with Gasteiger partial charge in [-0.15, -0.1) is 0 Å². The van der Waals surface area contributed by atoms with Crippen LogP contribution in [0.3, 0.4) is 0 Å². The number of anilines is 1. The van der Waals surface area contributed by atoms with E-state index in [1.807, 2.05) is 0 Å². The summed E-state index contributed by atoms with van der Waals surface area (Å²) in [6, 6.07) is 4.96. The Morgan fingerprint density at radius 3 is 2.22 bits per heavy atom. The molecular weight excluding hydrogens is 467 g/mol. The first-order valence-corrected chi connectivity index (χ1v) is 12.1. The fraction of sp³-hybridized carbons (Fsp3) is 0.409. The Hall–Kier alpha value is -2.10. The SMILES string of the molecule is O=C(Nc1cc(F)c(F)c(F)c1)c1ccc(Cl)c(S(=O)(=O)[C@H]2CC3CCC(C2)[C@@H]3CO)c1. The number of sulfone groups is 1. The molecule has 4 rings (SSSR count). The zero-order chi connectivity index (χ0) is 23.2. The lowest BCUT2D eigenvalue weighted by Crippen LogP contribution is -2.36. The molecule has 0 aliphatic heterocycles. The van der Waals surface area contributed by atoms with Crippen molar-refractivity contribution in [2.24, 2.45) is 17.8 Å². The van der Waals surface area contributed by atoms with E-state index < -0.39 is 38.4 Å². The Bertz CT molecular complexity index is 1140. The van der Waals surface area contributed by atoms with Crippen LogP contribution in [0.2, 0.25) is 5.02 Å². The van der Waals surface area contributed by atoms with Gasteiger partial charge in [0.2, 0.25) is 0 Å². The minimum absolute atomic E-state index is 0.0305. The molecule has 1 amide bonds. The number of hydrogen-bond acceptors (Lipinski definition) is 4. The van der Waals surface area contributed by atoms with Gasteiger partial charge in [-0.3, -0.25) is 4.79 Å². The molecule has 2 bridgehead atoms. The summed E-state index contributed by atoms with van der Waals surface area (Å²) in [6.45, 7) is 0.0447.